The second-order valence-corrected chi connectivity index (χ2v) is 8.12. The normalized spacial score (nSPS) is 22.0. The molecule has 1 amide bonds. The topological polar surface area (TPSA) is 64.2 Å². The van der Waals surface area contributed by atoms with Crippen LogP contribution in [0.3, 0.4) is 0 Å². The van der Waals surface area contributed by atoms with Crippen LogP contribution in [-0.4, -0.2) is 37.8 Å². The van der Waals surface area contributed by atoms with Gasteiger partial charge in [-0.25, -0.2) is 9.66 Å². The van der Waals surface area contributed by atoms with Gasteiger partial charge in [-0.3, -0.25) is 4.79 Å². The van der Waals surface area contributed by atoms with E-state index >= 15 is 0 Å². The highest BCUT2D eigenvalue weighted by Gasteiger charge is 2.32. The molecule has 0 saturated carbocycles. The molecule has 2 aromatic rings. The van der Waals surface area contributed by atoms with E-state index in [2.05, 4.69) is 18.8 Å². The molecule has 0 aliphatic carbocycles. The molecule has 0 unspecified atom stereocenters. The summed E-state index contributed by atoms with van der Waals surface area (Å²) in [5.41, 5.74) is 1.84. The van der Waals surface area contributed by atoms with E-state index in [9.17, 15) is 4.79 Å². The van der Waals surface area contributed by atoms with E-state index < -0.39 is 0 Å². The van der Waals surface area contributed by atoms with E-state index in [1.165, 1.54) is 22.9 Å². The maximum absolute atomic E-state index is 12.9. The molecule has 1 saturated heterocycles. The van der Waals surface area contributed by atoms with Gasteiger partial charge < -0.3 is 10.7 Å². The van der Waals surface area contributed by atoms with Crippen LogP contribution in [-0.2, 0) is 4.79 Å². The zero-order valence-electron chi connectivity index (χ0n) is 15.1. The predicted octanol–water partition coefficient (Wildman–Crippen LogP) is 3.53. The van der Waals surface area contributed by atoms with Gasteiger partial charge in [0.05, 0.1) is 17.1 Å². The largest absolute Gasteiger partial charge is 0.337 e. The number of hydrogen-bond donors (Lipinski definition) is 1. The van der Waals surface area contributed by atoms with Crippen molar-refractivity contribution >= 4 is 17.7 Å². The van der Waals surface area contributed by atoms with Crippen LogP contribution in [0.4, 0.5) is 0 Å². The third-order valence-electron chi connectivity index (χ3n) is 4.85. The molecule has 1 aromatic heterocycles. The average molecular weight is 359 g/mol. The molecule has 3 atom stereocenters. The molecule has 1 fully saturated rings. The number of imidazole rings is 1. The van der Waals surface area contributed by atoms with Crippen LogP contribution in [0.5, 0.6) is 0 Å². The number of piperidine rings is 1. The number of rotatable bonds is 4. The first-order valence-corrected chi connectivity index (χ1v) is 9.74. The van der Waals surface area contributed by atoms with Crippen LogP contribution in [0, 0.1) is 0 Å². The lowest BCUT2D eigenvalue weighted by molar-refractivity contribution is -0.136. The molecule has 1 aliphatic heterocycles. The summed E-state index contributed by atoms with van der Waals surface area (Å²) in [7, 11) is 0. The fourth-order valence-corrected chi connectivity index (χ4v) is 4.35. The van der Waals surface area contributed by atoms with Gasteiger partial charge in [-0.05, 0) is 40.0 Å². The monoisotopic (exact) mass is 358 g/mol. The lowest BCUT2D eigenvalue weighted by Crippen LogP contribution is -2.50. The van der Waals surface area contributed by atoms with Crippen LogP contribution in [0.1, 0.15) is 40.0 Å². The Morgan fingerprint density at radius 2 is 1.88 bits per heavy atom. The summed E-state index contributed by atoms with van der Waals surface area (Å²) >= 11 is 1.43. The standard InChI is InChI=1S/C19H26N4OS/c1-13-8-7-9-14(2)23(13)18(24)15(3)25-19-21-17(12-22(19)20)16-10-5-4-6-11-16/h4-6,10-15H,7-9,20H2,1-3H3/t13-,14-,15-/m1/s1. The average Bonchev–Trinajstić information content (AvgIpc) is 2.96. The van der Waals surface area contributed by atoms with Crippen molar-refractivity contribution in [1.82, 2.24) is 14.6 Å². The zero-order chi connectivity index (χ0) is 18.0. The van der Waals surface area contributed by atoms with E-state index in [-0.39, 0.29) is 11.2 Å². The minimum atomic E-state index is -0.212. The molecule has 2 heterocycles. The Hall–Kier alpha value is -1.95. The number of carbonyl (C=O) groups is 1. The van der Waals surface area contributed by atoms with Crippen molar-refractivity contribution in [2.24, 2.45) is 0 Å². The molecule has 5 nitrogen and oxygen atoms in total. The number of hydrogen-bond acceptors (Lipinski definition) is 4. The fourth-order valence-electron chi connectivity index (χ4n) is 3.49. The van der Waals surface area contributed by atoms with Crippen molar-refractivity contribution in [3.8, 4) is 11.3 Å². The Kier molecular flexibility index (Phi) is 5.37. The van der Waals surface area contributed by atoms with Gasteiger partial charge in [0.1, 0.15) is 0 Å². The van der Waals surface area contributed by atoms with Crippen LogP contribution in [0.2, 0.25) is 0 Å². The van der Waals surface area contributed by atoms with E-state index in [0.29, 0.717) is 17.2 Å². The maximum Gasteiger partial charge on any atom is 0.236 e. The number of amides is 1. The molecule has 0 bridgehead atoms. The third kappa shape index (κ3) is 3.84. The first-order valence-electron chi connectivity index (χ1n) is 8.86. The van der Waals surface area contributed by atoms with E-state index in [0.717, 1.165) is 24.1 Å². The van der Waals surface area contributed by atoms with Crippen LogP contribution in [0.15, 0.2) is 41.7 Å². The summed E-state index contributed by atoms with van der Waals surface area (Å²) in [5, 5.41) is 0.452. The smallest absolute Gasteiger partial charge is 0.236 e. The molecule has 0 spiro atoms. The van der Waals surface area contributed by atoms with Crippen molar-refractivity contribution < 1.29 is 4.79 Å². The Labute approximate surface area is 153 Å². The van der Waals surface area contributed by atoms with Gasteiger partial charge in [0.15, 0.2) is 5.16 Å². The Bertz CT molecular complexity index is 720. The quantitative estimate of drug-likeness (QED) is 0.671. The minimum Gasteiger partial charge on any atom is -0.337 e. The van der Waals surface area contributed by atoms with Crippen LogP contribution < -0.4 is 5.84 Å². The number of nitrogens with two attached hydrogens (primary N) is 1. The number of benzene rings is 1. The second kappa shape index (κ2) is 7.52. The third-order valence-corrected chi connectivity index (χ3v) is 5.91. The minimum absolute atomic E-state index is 0.175. The summed E-state index contributed by atoms with van der Waals surface area (Å²) < 4.78 is 1.51. The second-order valence-electron chi connectivity index (χ2n) is 6.82. The zero-order valence-corrected chi connectivity index (χ0v) is 15.9. The lowest BCUT2D eigenvalue weighted by atomic mass is 9.97. The molecule has 134 valence electrons. The predicted molar refractivity (Wildman–Crippen MR) is 103 cm³/mol. The molecule has 3 rings (SSSR count). The van der Waals surface area contributed by atoms with Gasteiger partial charge in [-0.2, -0.15) is 0 Å². The summed E-state index contributed by atoms with van der Waals surface area (Å²) in [4.78, 5) is 19.6. The molecule has 6 heteroatoms. The van der Waals surface area contributed by atoms with Gasteiger partial charge >= 0.3 is 0 Å². The van der Waals surface area contributed by atoms with Crippen molar-refractivity contribution in [1.29, 1.82) is 0 Å². The number of nitrogens with zero attached hydrogens (tertiary/aromatic N) is 3. The van der Waals surface area contributed by atoms with E-state index in [4.69, 9.17) is 5.84 Å². The molecular weight excluding hydrogens is 332 g/mol. The van der Waals surface area contributed by atoms with Gasteiger partial charge in [0.25, 0.3) is 0 Å². The molecular formula is C19H26N4OS. The Morgan fingerprint density at radius 3 is 2.52 bits per heavy atom. The fraction of sp³-hybridized carbons (Fsp3) is 0.474. The number of nitrogen functional groups attached to an aromatic ring is 1. The molecule has 0 radical (unpaired) electrons. The first kappa shape index (κ1) is 17.9. The highest BCUT2D eigenvalue weighted by molar-refractivity contribution is 8.00. The maximum atomic E-state index is 12.9. The summed E-state index contributed by atoms with van der Waals surface area (Å²) in [6.45, 7) is 6.22. The van der Waals surface area contributed by atoms with Crippen molar-refractivity contribution in [2.75, 3.05) is 5.84 Å². The number of thioether (sulfide) groups is 1. The van der Waals surface area contributed by atoms with Gasteiger partial charge in [-0.1, -0.05) is 42.1 Å². The summed E-state index contributed by atoms with van der Waals surface area (Å²) in [6, 6.07) is 10.5. The van der Waals surface area contributed by atoms with Gasteiger partial charge in [0.2, 0.25) is 5.91 Å². The number of aromatic nitrogens is 2. The highest BCUT2D eigenvalue weighted by atomic mass is 32.2. The first-order chi connectivity index (χ1) is 12.0. The van der Waals surface area contributed by atoms with Crippen molar-refractivity contribution in [3.05, 3.63) is 36.5 Å². The van der Waals surface area contributed by atoms with Crippen LogP contribution >= 0.6 is 11.8 Å². The molecule has 1 aromatic carbocycles. The summed E-state index contributed by atoms with van der Waals surface area (Å²) in [6.07, 6.45) is 5.16. The Balaban J connectivity index is 1.73. The Morgan fingerprint density at radius 1 is 1.24 bits per heavy atom. The van der Waals surface area contributed by atoms with Crippen molar-refractivity contribution in [3.63, 3.8) is 0 Å². The lowest BCUT2D eigenvalue weighted by Gasteiger charge is -2.40. The van der Waals surface area contributed by atoms with E-state index in [1.807, 2.05) is 42.2 Å². The highest BCUT2D eigenvalue weighted by Crippen LogP contribution is 2.30. The summed E-state index contributed by atoms with van der Waals surface area (Å²) in [5.74, 6) is 6.24. The number of likely N-dealkylation sites (tertiary alicyclic amines) is 1. The van der Waals surface area contributed by atoms with E-state index in [1.54, 1.807) is 6.20 Å². The van der Waals surface area contributed by atoms with Gasteiger partial charge in [-0.15, -0.1) is 0 Å². The molecule has 1 aliphatic rings. The van der Waals surface area contributed by atoms with Crippen LogP contribution in [0.25, 0.3) is 11.3 Å². The van der Waals surface area contributed by atoms with Crippen molar-refractivity contribution in [2.45, 2.75) is 62.5 Å². The molecule has 2 N–H and O–H groups in total. The molecule has 25 heavy (non-hydrogen) atoms. The number of carbonyl (C=O) groups excluding carboxylic acids is 1. The SMILES string of the molecule is C[C@@H]1CCC[C@@H](C)N1C(=O)[C@@H](C)Sc1nc(-c2ccccc2)cn1N. The van der Waals surface area contributed by atoms with Gasteiger partial charge in [0, 0.05) is 17.6 Å².